The van der Waals surface area contributed by atoms with Crippen molar-refractivity contribution in [3.05, 3.63) is 22.9 Å². The first-order valence-electron chi connectivity index (χ1n) is 7.24. The number of nitrogens with two attached hydrogens (primary N) is 1. The average molecular weight is 276 g/mol. The average Bonchev–Trinajstić information content (AvgIpc) is 2.61. The van der Waals surface area contributed by atoms with Gasteiger partial charge >= 0.3 is 0 Å². The minimum atomic E-state index is 0.0472. The van der Waals surface area contributed by atoms with Crippen LogP contribution >= 0.6 is 0 Å². The number of aliphatic hydroxyl groups excluding tert-OH is 1. The first-order valence-corrected chi connectivity index (χ1v) is 7.24. The molecule has 110 valence electrons. The summed E-state index contributed by atoms with van der Waals surface area (Å²) in [5, 5.41) is 17.5. The molecule has 0 aromatic carbocycles. The number of nitrogens with zero attached hydrogens (tertiary/aromatic N) is 2. The van der Waals surface area contributed by atoms with Gasteiger partial charge in [-0.1, -0.05) is 12.8 Å². The van der Waals surface area contributed by atoms with E-state index in [0.717, 1.165) is 42.9 Å². The van der Waals surface area contributed by atoms with Crippen molar-refractivity contribution < 1.29 is 5.11 Å². The topological polar surface area (TPSA) is 86.2 Å². The van der Waals surface area contributed by atoms with Crippen molar-refractivity contribution >= 4 is 11.7 Å². The molecule has 20 heavy (non-hydrogen) atoms. The van der Waals surface area contributed by atoms with Gasteiger partial charge < -0.3 is 15.7 Å². The minimum Gasteiger partial charge on any atom is -0.394 e. The van der Waals surface area contributed by atoms with E-state index < -0.39 is 0 Å². The molecule has 0 amide bonds. The zero-order valence-corrected chi connectivity index (χ0v) is 12.3. The van der Waals surface area contributed by atoms with E-state index in [4.69, 9.17) is 11.1 Å². The first-order chi connectivity index (χ1) is 9.54. The van der Waals surface area contributed by atoms with Crippen LogP contribution in [0.1, 0.15) is 42.5 Å². The predicted octanol–water partition coefficient (Wildman–Crippen LogP) is 1.72. The monoisotopic (exact) mass is 276 g/mol. The van der Waals surface area contributed by atoms with Gasteiger partial charge in [0, 0.05) is 12.2 Å². The molecule has 4 N–H and O–H groups in total. The molecule has 1 aliphatic rings. The van der Waals surface area contributed by atoms with E-state index in [1.54, 1.807) is 0 Å². The maximum absolute atomic E-state index is 9.66. The summed E-state index contributed by atoms with van der Waals surface area (Å²) in [6.45, 7) is 4.89. The number of hydrogen-bond acceptors (Lipinski definition) is 4. The smallest absolute Gasteiger partial charge is 0.140 e. The van der Waals surface area contributed by atoms with Crippen LogP contribution in [0, 0.1) is 19.3 Å². The molecule has 1 saturated heterocycles. The number of amidine groups is 1. The molecule has 1 atom stereocenters. The van der Waals surface area contributed by atoms with Crippen molar-refractivity contribution in [2.45, 2.75) is 45.6 Å². The van der Waals surface area contributed by atoms with E-state index in [2.05, 4.69) is 9.88 Å². The van der Waals surface area contributed by atoms with Crippen LogP contribution in [0.25, 0.3) is 0 Å². The number of aryl methyl sites for hydroxylation is 2. The molecule has 0 bridgehead atoms. The highest BCUT2D eigenvalue weighted by molar-refractivity contribution is 6.01. The zero-order valence-electron chi connectivity index (χ0n) is 12.3. The highest BCUT2D eigenvalue weighted by Crippen LogP contribution is 2.28. The first kappa shape index (κ1) is 14.8. The van der Waals surface area contributed by atoms with E-state index in [-0.39, 0.29) is 18.5 Å². The fraction of sp³-hybridized carbons (Fsp3) is 0.600. The lowest BCUT2D eigenvalue weighted by Crippen LogP contribution is -2.39. The number of aromatic nitrogens is 1. The van der Waals surface area contributed by atoms with E-state index >= 15 is 0 Å². The van der Waals surface area contributed by atoms with Crippen molar-refractivity contribution in [3.63, 3.8) is 0 Å². The fourth-order valence-electron chi connectivity index (χ4n) is 3.00. The van der Waals surface area contributed by atoms with Crippen LogP contribution in [-0.2, 0) is 0 Å². The van der Waals surface area contributed by atoms with Crippen molar-refractivity contribution in [2.24, 2.45) is 5.73 Å². The van der Waals surface area contributed by atoms with Gasteiger partial charge in [-0.15, -0.1) is 0 Å². The number of nitrogen functional groups attached to an aromatic ring is 1. The molecule has 0 radical (unpaired) electrons. The molecule has 2 rings (SSSR count). The van der Waals surface area contributed by atoms with Gasteiger partial charge in [-0.05, 0) is 38.3 Å². The van der Waals surface area contributed by atoms with Gasteiger partial charge in [0.05, 0.1) is 18.2 Å². The Morgan fingerprint density at radius 3 is 2.85 bits per heavy atom. The summed E-state index contributed by atoms with van der Waals surface area (Å²) in [6.07, 6.45) is 4.35. The third kappa shape index (κ3) is 2.93. The Balaban J connectivity index is 2.50. The Morgan fingerprint density at radius 2 is 2.20 bits per heavy atom. The second-order valence-corrected chi connectivity index (χ2v) is 5.57. The van der Waals surface area contributed by atoms with Crippen LogP contribution in [-0.4, -0.2) is 35.1 Å². The second kappa shape index (κ2) is 6.22. The molecule has 1 aliphatic heterocycles. The molecular weight excluding hydrogens is 252 g/mol. The molecular formula is C15H24N4O. The second-order valence-electron chi connectivity index (χ2n) is 5.57. The Labute approximate surface area is 120 Å². The van der Waals surface area contributed by atoms with Gasteiger partial charge in [0.15, 0.2) is 0 Å². The maximum Gasteiger partial charge on any atom is 0.140 e. The Bertz CT molecular complexity index is 501. The van der Waals surface area contributed by atoms with Crippen LogP contribution in [0.2, 0.25) is 0 Å². The van der Waals surface area contributed by atoms with Crippen LogP contribution in [0.3, 0.4) is 0 Å². The molecule has 1 fully saturated rings. The SMILES string of the molecule is Cc1cc(C)c(C(=N)N)c(N2CCCCCC2CO)n1. The van der Waals surface area contributed by atoms with Crippen LogP contribution in [0.5, 0.6) is 0 Å². The predicted molar refractivity (Wildman–Crippen MR) is 81.4 cm³/mol. The minimum absolute atomic E-state index is 0.0472. The third-order valence-electron chi connectivity index (χ3n) is 3.95. The maximum atomic E-state index is 9.66. The van der Waals surface area contributed by atoms with Gasteiger partial charge in [0.25, 0.3) is 0 Å². The van der Waals surface area contributed by atoms with E-state index in [0.29, 0.717) is 5.56 Å². The summed E-state index contributed by atoms with van der Waals surface area (Å²) in [5.74, 6) is 0.807. The number of pyridine rings is 1. The molecule has 0 spiro atoms. The van der Waals surface area contributed by atoms with Gasteiger partial charge in [0.1, 0.15) is 11.7 Å². The van der Waals surface area contributed by atoms with E-state index in [9.17, 15) is 5.11 Å². The standard InChI is InChI=1S/C15H24N4O/c1-10-8-11(2)18-15(13(10)14(16)17)19-7-5-3-4-6-12(19)9-20/h8,12,20H,3-7,9H2,1-2H3,(H3,16,17). The summed E-state index contributed by atoms with van der Waals surface area (Å²) in [6, 6.07) is 2.02. The Hall–Kier alpha value is -1.62. The number of aliphatic hydroxyl groups is 1. The summed E-state index contributed by atoms with van der Waals surface area (Å²) in [7, 11) is 0. The quantitative estimate of drug-likeness (QED) is 0.579. The molecule has 2 heterocycles. The number of anilines is 1. The highest BCUT2D eigenvalue weighted by Gasteiger charge is 2.25. The Kier molecular flexibility index (Phi) is 4.60. The molecule has 0 saturated carbocycles. The largest absolute Gasteiger partial charge is 0.394 e. The molecule has 1 aromatic heterocycles. The van der Waals surface area contributed by atoms with Crippen molar-refractivity contribution in [1.29, 1.82) is 5.41 Å². The number of nitrogens with one attached hydrogen (secondary N) is 1. The van der Waals surface area contributed by atoms with Gasteiger partial charge in [-0.25, -0.2) is 4.98 Å². The van der Waals surface area contributed by atoms with E-state index in [1.165, 1.54) is 6.42 Å². The lowest BCUT2D eigenvalue weighted by atomic mass is 10.1. The highest BCUT2D eigenvalue weighted by atomic mass is 16.3. The zero-order chi connectivity index (χ0) is 14.7. The lowest BCUT2D eigenvalue weighted by Gasteiger charge is -2.32. The number of hydrogen-bond donors (Lipinski definition) is 3. The van der Waals surface area contributed by atoms with Crippen molar-refractivity contribution in [2.75, 3.05) is 18.1 Å². The third-order valence-corrected chi connectivity index (χ3v) is 3.95. The van der Waals surface area contributed by atoms with E-state index in [1.807, 2.05) is 19.9 Å². The molecule has 1 unspecified atom stereocenters. The molecule has 0 aliphatic carbocycles. The summed E-state index contributed by atoms with van der Waals surface area (Å²) in [5.41, 5.74) is 8.35. The molecule has 1 aromatic rings. The van der Waals surface area contributed by atoms with Crippen LogP contribution < -0.4 is 10.6 Å². The van der Waals surface area contributed by atoms with Crippen LogP contribution in [0.15, 0.2) is 6.07 Å². The van der Waals surface area contributed by atoms with Gasteiger partial charge in [0.2, 0.25) is 0 Å². The fourth-order valence-corrected chi connectivity index (χ4v) is 3.00. The summed E-state index contributed by atoms with van der Waals surface area (Å²) >= 11 is 0. The van der Waals surface area contributed by atoms with Crippen molar-refractivity contribution in [1.82, 2.24) is 4.98 Å². The normalized spacial score (nSPS) is 19.8. The Morgan fingerprint density at radius 1 is 1.45 bits per heavy atom. The summed E-state index contributed by atoms with van der Waals surface area (Å²) in [4.78, 5) is 6.76. The van der Waals surface area contributed by atoms with Crippen LogP contribution in [0.4, 0.5) is 5.82 Å². The summed E-state index contributed by atoms with van der Waals surface area (Å²) < 4.78 is 0. The van der Waals surface area contributed by atoms with Gasteiger partial charge in [-0.2, -0.15) is 0 Å². The molecule has 5 nitrogen and oxygen atoms in total. The van der Waals surface area contributed by atoms with Crippen molar-refractivity contribution in [3.8, 4) is 0 Å². The van der Waals surface area contributed by atoms with Gasteiger partial charge in [-0.3, -0.25) is 5.41 Å². The number of rotatable bonds is 3. The molecule has 5 heteroatoms. The lowest BCUT2D eigenvalue weighted by molar-refractivity contribution is 0.254.